The van der Waals surface area contributed by atoms with Crippen molar-refractivity contribution in [1.29, 1.82) is 0 Å². The van der Waals surface area contributed by atoms with Gasteiger partial charge in [0, 0.05) is 16.9 Å². The molecular formula is C14H11BrIN3O3. The van der Waals surface area contributed by atoms with Crippen LogP contribution in [0.2, 0.25) is 0 Å². The number of rotatable bonds is 4. The summed E-state index contributed by atoms with van der Waals surface area (Å²) < 4.78 is 6.40. The third-order valence-electron chi connectivity index (χ3n) is 2.62. The Labute approximate surface area is 148 Å². The fourth-order valence-corrected chi connectivity index (χ4v) is 2.58. The molecule has 0 unspecified atom stereocenters. The predicted molar refractivity (Wildman–Crippen MR) is 94.4 cm³/mol. The molecule has 1 aromatic carbocycles. The molecule has 0 aliphatic heterocycles. The van der Waals surface area contributed by atoms with Gasteiger partial charge in [0.2, 0.25) is 0 Å². The van der Waals surface area contributed by atoms with Gasteiger partial charge in [-0.1, -0.05) is 0 Å². The Hall–Kier alpha value is -1.68. The Morgan fingerprint density at radius 2 is 2.23 bits per heavy atom. The highest BCUT2D eigenvalue weighted by molar-refractivity contribution is 14.1. The molecule has 0 aliphatic rings. The number of carbonyl (C=O) groups excluding carboxylic acids is 1. The van der Waals surface area contributed by atoms with Crippen LogP contribution in [0.3, 0.4) is 0 Å². The molecule has 0 bridgehead atoms. The van der Waals surface area contributed by atoms with Crippen LogP contribution in [-0.4, -0.2) is 29.3 Å². The number of aromatic hydroxyl groups is 1. The summed E-state index contributed by atoms with van der Waals surface area (Å²) in [6.07, 6.45) is 4.50. The first-order valence-corrected chi connectivity index (χ1v) is 7.89. The van der Waals surface area contributed by atoms with E-state index in [0.29, 0.717) is 24.9 Å². The number of nitrogens with one attached hydrogen (secondary N) is 1. The maximum absolute atomic E-state index is 11.9. The van der Waals surface area contributed by atoms with Crippen molar-refractivity contribution in [2.75, 3.05) is 7.11 Å². The predicted octanol–water partition coefficient (Wildman–Crippen LogP) is 2.93. The molecule has 2 N–H and O–H groups in total. The minimum atomic E-state index is -0.370. The van der Waals surface area contributed by atoms with Gasteiger partial charge in [0.15, 0.2) is 11.5 Å². The zero-order valence-electron chi connectivity index (χ0n) is 11.4. The number of methoxy groups -OCH3 is 1. The van der Waals surface area contributed by atoms with Crippen LogP contribution in [-0.2, 0) is 0 Å². The number of halogens is 2. The lowest BCUT2D eigenvalue weighted by atomic mass is 10.2. The number of benzene rings is 1. The van der Waals surface area contributed by atoms with Crippen molar-refractivity contribution in [1.82, 2.24) is 10.4 Å². The van der Waals surface area contributed by atoms with Crippen LogP contribution < -0.4 is 10.2 Å². The number of carbonyl (C=O) groups is 1. The summed E-state index contributed by atoms with van der Waals surface area (Å²) in [7, 11) is 1.47. The number of nitrogens with zero attached hydrogens (tertiary/aromatic N) is 2. The number of phenols is 1. The Morgan fingerprint density at radius 1 is 1.45 bits per heavy atom. The van der Waals surface area contributed by atoms with E-state index in [9.17, 15) is 9.90 Å². The molecule has 0 spiro atoms. The Morgan fingerprint density at radius 3 is 2.91 bits per heavy atom. The minimum absolute atomic E-state index is 0.0736. The maximum atomic E-state index is 11.9. The van der Waals surface area contributed by atoms with Gasteiger partial charge in [-0.15, -0.1) is 0 Å². The van der Waals surface area contributed by atoms with Crippen LogP contribution in [0.5, 0.6) is 11.5 Å². The average molecular weight is 476 g/mol. The molecule has 2 aromatic rings. The molecule has 1 amide bonds. The van der Waals surface area contributed by atoms with Crippen molar-refractivity contribution in [2.45, 2.75) is 0 Å². The molecule has 0 saturated carbocycles. The van der Waals surface area contributed by atoms with Gasteiger partial charge in [0.1, 0.15) is 0 Å². The van der Waals surface area contributed by atoms with Gasteiger partial charge >= 0.3 is 0 Å². The summed E-state index contributed by atoms with van der Waals surface area (Å²) in [5, 5.41) is 13.6. The highest BCUT2D eigenvalue weighted by atomic mass is 127. The Bertz CT molecular complexity index is 737. The van der Waals surface area contributed by atoms with E-state index in [1.807, 2.05) is 22.6 Å². The summed E-state index contributed by atoms with van der Waals surface area (Å²) in [4.78, 5) is 15.8. The summed E-state index contributed by atoms with van der Waals surface area (Å²) >= 11 is 5.23. The molecule has 1 aromatic heterocycles. The maximum Gasteiger partial charge on any atom is 0.272 e. The van der Waals surface area contributed by atoms with Crippen molar-refractivity contribution in [2.24, 2.45) is 5.10 Å². The van der Waals surface area contributed by atoms with E-state index in [1.165, 1.54) is 19.5 Å². The number of hydrogen-bond acceptors (Lipinski definition) is 5. The van der Waals surface area contributed by atoms with Crippen LogP contribution >= 0.6 is 38.5 Å². The molecule has 0 atom stereocenters. The van der Waals surface area contributed by atoms with E-state index < -0.39 is 0 Å². The molecule has 6 nitrogen and oxygen atoms in total. The van der Waals surface area contributed by atoms with Crippen LogP contribution in [0.1, 0.15) is 15.9 Å². The summed E-state index contributed by atoms with van der Waals surface area (Å²) in [5.41, 5.74) is 3.49. The van der Waals surface area contributed by atoms with Crippen LogP contribution in [0.15, 0.2) is 40.2 Å². The van der Waals surface area contributed by atoms with E-state index in [1.54, 1.807) is 24.4 Å². The summed E-state index contributed by atoms with van der Waals surface area (Å²) in [6.45, 7) is 0. The number of phenolic OH excluding ortho intramolecular Hbond substituents is 1. The highest BCUT2D eigenvalue weighted by Crippen LogP contribution is 2.31. The Kier molecular flexibility index (Phi) is 5.72. The molecule has 0 fully saturated rings. The number of amides is 1. The number of pyridine rings is 1. The van der Waals surface area contributed by atoms with Crippen molar-refractivity contribution in [3.8, 4) is 11.5 Å². The summed E-state index contributed by atoms with van der Waals surface area (Å²) in [5.74, 6) is 0.0471. The van der Waals surface area contributed by atoms with Gasteiger partial charge in [-0.2, -0.15) is 5.10 Å². The van der Waals surface area contributed by atoms with E-state index in [-0.39, 0.29) is 11.7 Å². The standard InChI is InChI=1S/C14H11BrIN3O3/c1-22-12-3-8(2-11(16)13(12)20)5-18-19-14(21)9-4-10(15)7-17-6-9/h2-7,20H,1H3,(H,19,21). The minimum Gasteiger partial charge on any atom is -0.504 e. The van der Waals surface area contributed by atoms with Crippen molar-refractivity contribution < 1.29 is 14.6 Å². The quantitative estimate of drug-likeness (QED) is 0.404. The smallest absolute Gasteiger partial charge is 0.272 e. The number of hydrazone groups is 1. The SMILES string of the molecule is COc1cc(C=NNC(=O)c2cncc(Br)c2)cc(I)c1O. The molecule has 0 radical (unpaired) electrons. The lowest BCUT2D eigenvalue weighted by molar-refractivity contribution is 0.0954. The second-order valence-electron chi connectivity index (χ2n) is 4.14. The van der Waals surface area contributed by atoms with E-state index in [2.05, 4.69) is 31.4 Å². The number of hydrogen-bond donors (Lipinski definition) is 2. The average Bonchev–Trinajstić information content (AvgIpc) is 2.50. The van der Waals surface area contributed by atoms with Gasteiger partial charge in [0.25, 0.3) is 5.91 Å². The molecule has 22 heavy (non-hydrogen) atoms. The van der Waals surface area contributed by atoms with Crippen LogP contribution in [0.25, 0.3) is 0 Å². The second-order valence-corrected chi connectivity index (χ2v) is 6.22. The molecule has 0 aliphatic carbocycles. The number of ether oxygens (including phenoxy) is 1. The van der Waals surface area contributed by atoms with Crippen molar-refractivity contribution in [3.05, 3.63) is 49.8 Å². The fourth-order valence-electron chi connectivity index (χ4n) is 1.59. The van der Waals surface area contributed by atoms with Gasteiger partial charge in [0.05, 0.1) is 22.5 Å². The number of aromatic nitrogens is 1. The zero-order valence-corrected chi connectivity index (χ0v) is 15.1. The van der Waals surface area contributed by atoms with Crippen LogP contribution in [0.4, 0.5) is 0 Å². The molecule has 0 saturated heterocycles. The first kappa shape index (κ1) is 16.7. The first-order valence-electron chi connectivity index (χ1n) is 6.01. The third-order valence-corrected chi connectivity index (χ3v) is 3.87. The molecule has 2 rings (SSSR count). The third kappa shape index (κ3) is 4.17. The molecule has 114 valence electrons. The van der Waals surface area contributed by atoms with Gasteiger partial charge in [-0.05, 0) is 62.3 Å². The second kappa shape index (κ2) is 7.54. The van der Waals surface area contributed by atoms with Gasteiger partial charge < -0.3 is 9.84 Å². The Balaban J connectivity index is 2.10. The van der Waals surface area contributed by atoms with Crippen LogP contribution in [0, 0.1) is 3.57 Å². The monoisotopic (exact) mass is 475 g/mol. The van der Waals surface area contributed by atoms with E-state index >= 15 is 0 Å². The van der Waals surface area contributed by atoms with Crippen molar-refractivity contribution in [3.63, 3.8) is 0 Å². The van der Waals surface area contributed by atoms with Crippen molar-refractivity contribution >= 4 is 50.6 Å². The summed E-state index contributed by atoms with van der Waals surface area (Å²) in [6, 6.07) is 4.98. The normalized spacial score (nSPS) is 10.7. The molecule has 1 heterocycles. The van der Waals surface area contributed by atoms with Gasteiger partial charge in [-0.3, -0.25) is 9.78 Å². The van der Waals surface area contributed by atoms with E-state index in [0.717, 1.165) is 0 Å². The topological polar surface area (TPSA) is 83.8 Å². The molecule has 8 heteroatoms. The molecular weight excluding hydrogens is 465 g/mol. The lowest BCUT2D eigenvalue weighted by Crippen LogP contribution is -2.17. The zero-order chi connectivity index (χ0) is 16.1. The van der Waals surface area contributed by atoms with Gasteiger partial charge in [-0.25, -0.2) is 5.43 Å². The first-order chi connectivity index (χ1) is 10.5. The fraction of sp³-hybridized carbons (Fsp3) is 0.0714. The van der Waals surface area contributed by atoms with E-state index in [4.69, 9.17) is 4.74 Å². The highest BCUT2D eigenvalue weighted by Gasteiger charge is 2.08. The lowest BCUT2D eigenvalue weighted by Gasteiger charge is -2.06. The largest absolute Gasteiger partial charge is 0.504 e.